The highest BCUT2D eigenvalue weighted by Gasteiger charge is 2.26. The number of ether oxygens (including phenoxy) is 1. The number of amides is 1. The molecule has 0 aliphatic carbocycles. The van der Waals surface area contributed by atoms with Crippen LogP contribution in [0.3, 0.4) is 0 Å². The molecule has 33 heavy (non-hydrogen) atoms. The molecule has 5 rings (SSSR count). The molecule has 166 valence electrons. The summed E-state index contributed by atoms with van der Waals surface area (Å²) in [6.07, 6.45) is 3.41. The Morgan fingerprint density at radius 1 is 0.939 bits per heavy atom. The van der Waals surface area contributed by atoms with Crippen molar-refractivity contribution in [1.82, 2.24) is 19.0 Å². The lowest BCUT2D eigenvalue weighted by molar-refractivity contribution is 0.0673. The van der Waals surface area contributed by atoms with E-state index in [2.05, 4.69) is 17.1 Å². The molecular formula is C26H24N4O3. The summed E-state index contributed by atoms with van der Waals surface area (Å²) in [4.78, 5) is 31.8. The van der Waals surface area contributed by atoms with Crippen molar-refractivity contribution in [3.05, 3.63) is 101 Å². The number of aryl methyl sites for hydroxylation is 1. The molecule has 3 heterocycles. The third-order valence-corrected chi connectivity index (χ3v) is 5.81. The number of aromatic nitrogens is 3. The highest BCUT2D eigenvalue weighted by Crippen LogP contribution is 2.23. The van der Waals surface area contributed by atoms with Gasteiger partial charge in [-0.15, -0.1) is 0 Å². The Morgan fingerprint density at radius 2 is 1.76 bits per heavy atom. The van der Waals surface area contributed by atoms with Crippen molar-refractivity contribution in [2.75, 3.05) is 19.7 Å². The Hall–Kier alpha value is -4.13. The fraction of sp³-hybridized carbons (Fsp3) is 0.192. The van der Waals surface area contributed by atoms with Crippen molar-refractivity contribution in [1.29, 1.82) is 0 Å². The minimum atomic E-state index is -0.188. The van der Waals surface area contributed by atoms with Crippen LogP contribution < -0.4 is 10.3 Å². The van der Waals surface area contributed by atoms with Crippen LogP contribution >= 0.6 is 0 Å². The van der Waals surface area contributed by atoms with Crippen LogP contribution in [0.1, 0.15) is 16.2 Å². The molecule has 1 amide bonds. The van der Waals surface area contributed by atoms with Crippen LogP contribution in [0.5, 0.6) is 5.75 Å². The van der Waals surface area contributed by atoms with Crippen LogP contribution in [0.2, 0.25) is 0 Å². The van der Waals surface area contributed by atoms with Crippen molar-refractivity contribution in [2.45, 2.75) is 13.5 Å². The van der Waals surface area contributed by atoms with Crippen LogP contribution in [-0.2, 0) is 6.54 Å². The molecule has 4 aromatic rings. The van der Waals surface area contributed by atoms with Gasteiger partial charge in [0.25, 0.3) is 11.5 Å². The molecular weight excluding hydrogens is 416 g/mol. The Labute approximate surface area is 191 Å². The zero-order valence-corrected chi connectivity index (χ0v) is 18.3. The van der Waals surface area contributed by atoms with Crippen molar-refractivity contribution < 1.29 is 9.53 Å². The molecule has 1 aliphatic heterocycles. The fourth-order valence-corrected chi connectivity index (χ4v) is 4.09. The van der Waals surface area contributed by atoms with Gasteiger partial charge in [0.1, 0.15) is 23.7 Å². The predicted molar refractivity (Wildman–Crippen MR) is 126 cm³/mol. The number of nitrogens with zero attached hydrogens (tertiary/aromatic N) is 4. The van der Waals surface area contributed by atoms with Crippen molar-refractivity contribution in [2.24, 2.45) is 0 Å². The van der Waals surface area contributed by atoms with Gasteiger partial charge in [-0.2, -0.15) is 0 Å². The summed E-state index contributed by atoms with van der Waals surface area (Å²) in [6, 6.07) is 21.4. The van der Waals surface area contributed by atoms with Crippen LogP contribution in [-0.4, -0.2) is 44.6 Å². The van der Waals surface area contributed by atoms with E-state index in [9.17, 15) is 9.59 Å². The zero-order chi connectivity index (χ0) is 22.8. The third-order valence-electron chi connectivity index (χ3n) is 5.81. The van der Waals surface area contributed by atoms with Gasteiger partial charge < -0.3 is 18.8 Å². The molecule has 0 N–H and O–H groups in total. The average Bonchev–Trinajstić information content (AvgIpc) is 3.27. The van der Waals surface area contributed by atoms with Crippen molar-refractivity contribution >= 4 is 5.91 Å². The number of rotatable bonds is 6. The van der Waals surface area contributed by atoms with Gasteiger partial charge in [0.05, 0.1) is 18.6 Å². The Morgan fingerprint density at radius 3 is 2.55 bits per heavy atom. The van der Waals surface area contributed by atoms with Gasteiger partial charge in [-0.1, -0.05) is 42.5 Å². The lowest BCUT2D eigenvalue weighted by atomic mass is 10.1. The predicted octanol–water partition coefficient (Wildman–Crippen LogP) is 3.54. The standard InChI is InChI=1S/C26H24N4O3/c1-19-17-29(18-27-19)23-10-11-24-25(31)28(12-13-30(24)26(23)32)14-15-33-22-9-5-8-21(16-22)20-6-3-2-4-7-20/h2-11,16-18H,12-15H2,1H3. The summed E-state index contributed by atoms with van der Waals surface area (Å²) in [5.41, 5.74) is 3.74. The summed E-state index contributed by atoms with van der Waals surface area (Å²) < 4.78 is 9.18. The quantitative estimate of drug-likeness (QED) is 0.460. The van der Waals surface area contributed by atoms with E-state index in [4.69, 9.17) is 4.74 Å². The van der Waals surface area contributed by atoms with Crippen molar-refractivity contribution in [3.8, 4) is 22.6 Å². The summed E-state index contributed by atoms with van der Waals surface area (Å²) in [5.74, 6) is 0.603. The van der Waals surface area contributed by atoms with Crippen LogP contribution in [0.4, 0.5) is 0 Å². The first-order valence-corrected chi connectivity index (χ1v) is 10.9. The minimum absolute atomic E-state index is 0.159. The number of carbonyl (C=O) groups is 1. The molecule has 7 heteroatoms. The molecule has 0 fully saturated rings. The molecule has 7 nitrogen and oxygen atoms in total. The van der Waals surface area contributed by atoms with E-state index < -0.39 is 0 Å². The molecule has 0 saturated heterocycles. The van der Waals surface area contributed by atoms with E-state index in [0.717, 1.165) is 22.6 Å². The minimum Gasteiger partial charge on any atom is -0.492 e. The van der Waals surface area contributed by atoms with Gasteiger partial charge in [0, 0.05) is 19.3 Å². The SMILES string of the molecule is Cc1cn(-c2ccc3n(c2=O)CCN(CCOc2cccc(-c4ccccc4)c2)C3=O)cn1. The molecule has 0 bridgehead atoms. The number of hydrogen-bond acceptors (Lipinski definition) is 4. The summed E-state index contributed by atoms with van der Waals surface area (Å²) in [6.45, 7) is 3.61. The molecule has 0 radical (unpaired) electrons. The van der Waals surface area contributed by atoms with E-state index in [0.29, 0.717) is 37.6 Å². The Bertz CT molecular complexity index is 1360. The molecule has 1 aliphatic rings. The van der Waals surface area contributed by atoms with Gasteiger partial charge in [-0.3, -0.25) is 9.59 Å². The molecule has 2 aromatic carbocycles. The molecule has 0 saturated carbocycles. The number of imidazole rings is 1. The number of fused-ring (bicyclic) bond motifs is 1. The van der Waals surface area contributed by atoms with E-state index in [1.54, 1.807) is 38.7 Å². The second-order valence-corrected chi connectivity index (χ2v) is 8.02. The highest BCUT2D eigenvalue weighted by molar-refractivity contribution is 5.93. The average molecular weight is 441 g/mol. The highest BCUT2D eigenvalue weighted by atomic mass is 16.5. The fourth-order valence-electron chi connectivity index (χ4n) is 4.09. The first-order valence-electron chi connectivity index (χ1n) is 10.9. The second kappa shape index (κ2) is 8.78. The number of hydrogen-bond donors (Lipinski definition) is 0. The summed E-state index contributed by atoms with van der Waals surface area (Å²) in [7, 11) is 0. The van der Waals surface area contributed by atoms with E-state index in [1.807, 2.05) is 49.4 Å². The Kier molecular flexibility index (Phi) is 5.52. The maximum absolute atomic E-state index is 13.0. The maximum Gasteiger partial charge on any atom is 0.275 e. The molecule has 0 unspecified atom stereocenters. The van der Waals surface area contributed by atoms with E-state index in [-0.39, 0.29) is 11.5 Å². The molecule has 0 atom stereocenters. The first kappa shape index (κ1) is 20.8. The third kappa shape index (κ3) is 4.17. The van der Waals surface area contributed by atoms with Crippen LogP contribution in [0.15, 0.2) is 84.0 Å². The van der Waals surface area contributed by atoms with Gasteiger partial charge >= 0.3 is 0 Å². The van der Waals surface area contributed by atoms with Gasteiger partial charge in [0.2, 0.25) is 0 Å². The Balaban J connectivity index is 1.26. The van der Waals surface area contributed by atoms with Crippen LogP contribution in [0, 0.1) is 6.92 Å². The summed E-state index contributed by atoms with van der Waals surface area (Å²) in [5, 5.41) is 0. The molecule has 2 aromatic heterocycles. The smallest absolute Gasteiger partial charge is 0.275 e. The first-order chi connectivity index (χ1) is 16.1. The monoisotopic (exact) mass is 440 g/mol. The molecule has 0 spiro atoms. The second-order valence-electron chi connectivity index (χ2n) is 8.02. The van der Waals surface area contributed by atoms with Gasteiger partial charge in [-0.25, -0.2) is 4.98 Å². The van der Waals surface area contributed by atoms with Crippen molar-refractivity contribution in [3.63, 3.8) is 0 Å². The normalized spacial score (nSPS) is 13.1. The van der Waals surface area contributed by atoms with Crippen LogP contribution in [0.25, 0.3) is 16.8 Å². The maximum atomic E-state index is 13.0. The lowest BCUT2D eigenvalue weighted by Crippen LogP contribution is -2.46. The number of carbonyl (C=O) groups excluding carboxylic acids is 1. The van der Waals surface area contributed by atoms with E-state index in [1.165, 1.54) is 0 Å². The number of benzene rings is 2. The van der Waals surface area contributed by atoms with E-state index >= 15 is 0 Å². The summed E-state index contributed by atoms with van der Waals surface area (Å²) >= 11 is 0. The lowest BCUT2D eigenvalue weighted by Gasteiger charge is -2.29. The van der Waals surface area contributed by atoms with Gasteiger partial charge in [0.15, 0.2) is 0 Å². The largest absolute Gasteiger partial charge is 0.492 e. The zero-order valence-electron chi connectivity index (χ0n) is 18.3. The number of pyridine rings is 1. The topological polar surface area (TPSA) is 69.4 Å². The van der Waals surface area contributed by atoms with Gasteiger partial charge in [-0.05, 0) is 42.3 Å².